The molecule has 0 aliphatic rings. The number of nitrogens with one attached hydrogen (secondary N) is 1. The molecule has 6 heteroatoms. The maximum absolute atomic E-state index is 13.4. The second-order valence-electron chi connectivity index (χ2n) is 8.27. The predicted octanol–water partition coefficient (Wildman–Crippen LogP) is 4.67. The normalized spacial score (nSPS) is 11.5. The lowest BCUT2D eigenvalue weighted by Gasteiger charge is -2.31. The van der Waals surface area contributed by atoms with Gasteiger partial charge in [0.2, 0.25) is 11.8 Å². The molecule has 0 spiro atoms. The molecule has 0 radical (unpaired) electrons. The first-order chi connectivity index (χ1) is 15.9. The van der Waals surface area contributed by atoms with Crippen LogP contribution in [0.25, 0.3) is 0 Å². The van der Waals surface area contributed by atoms with Crippen LogP contribution < -0.4 is 14.8 Å². The molecular formula is C27H38N2O4. The van der Waals surface area contributed by atoms with Crippen molar-refractivity contribution in [2.45, 2.75) is 65.5 Å². The van der Waals surface area contributed by atoms with E-state index in [0.29, 0.717) is 43.9 Å². The van der Waals surface area contributed by atoms with Crippen LogP contribution in [0.2, 0.25) is 0 Å². The summed E-state index contributed by atoms with van der Waals surface area (Å²) in [7, 11) is 3.19. The fourth-order valence-corrected chi connectivity index (χ4v) is 3.75. The first-order valence-corrected chi connectivity index (χ1v) is 11.8. The van der Waals surface area contributed by atoms with E-state index in [9.17, 15) is 9.59 Å². The summed E-state index contributed by atoms with van der Waals surface area (Å²) in [5, 5.41) is 3.00. The summed E-state index contributed by atoms with van der Waals surface area (Å²) < 4.78 is 10.7. The van der Waals surface area contributed by atoms with Gasteiger partial charge in [-0.1, -0.05) is 56.2 Å². The van der Waals surface area contributed by atoms with Crippen LogP contribution in [0.15, 0.2) is 42.5 Å². The summed E-state index contributed by atoms with van der Waals surface area (Å²) in [6.45, 7) is 7.11. The number of ether oxygens (including phenoxy) is 2. The minimum Gasteiger partial charge on any atom is -0.493 e. The van der Waals surface area contributed by atoms with Crippen LogP contribution in [-0.2, 0) is 22.6 Å². The summed E-state index contributed by atoms with van der Waals surface area (Å²) in [6.07, 6.45) is 3.35. The smallest absolute Gasteiger partial charge is 0.242 e. The van der Waals surface area contributed by atoms with Crippen molar-refractivity contribution in [2.24, 2.45) is 0 Å². The zero-order valence-electron chi connectivity index (χ0n) is 20.6. The third-order valence-electron chi connectivity index (χ3n) is 5.76. The van der Waals surface area contributed by atoms with Gasteiger partial charge in [-0.15, -0.1) is 0 Å². The molecule has 0 aliphatic heterocycles. The van der Waals surface area contributed by atoms with Gasteiger partial charge in [-0.25, -0.2) is 0 Å². The Labute approximate surface area is 198 Å². The highest BCUT2D eigenvalue weighted by atomic mass is 16.5. The highest BCUT2D eigenvalue weighted by Crippen LogP contribution is 2.28. The van der Waals surface area contributed by atoms with Crippen LogP contribution >= 0.6 is 0 Å². The second-order valence-corrected chi connectivity index (χ2v) is 8.27. The standard InChI is InChI=1S/C27H38N2O4/c1-6-8-17-28-27(31)23(7-2)29(19-22-11-9-20(3)10-12-22)26(30)16-14-21-13-15-24(32-4)25(18-21)33-5/h9-13,15,18,23H,6-8,14,16-17,19H2,1-5H3,(H,28,31)/t23-/m0/s1. The first-order valence-electron chi connectivity index (χ1n) is 11.8. The first kappa shape index (κ1) is 26.2. The molecule has 2 aromatic carbocycles. The molecule has 1 atom stereocenters. The predicted molar refractivity (Wildman–Crippen MR) is 132 cm³/mol. The van der Waals surface area contributed by atoms with Crippen LogP contribution in [0.5, 0.6) is 11.5 Å². The highest BCUT2D eigenvalue weighted by molar-refractivity contribution is 5.87. The molecule has 0 aliphatic carbocycles. The van der Waals surface area contributed by atoms with Gasteiger partial charge in [0.15, 0.2) is 11.5 Å². The molecule has 6 nitrogen and oxygen atoms in total. The topological polar surface area (TPSA) is 67.9 Å². The minimum atomic E-state index is -0.499. The van der Waals surface area contributed by atoms with Crippen LogP contribution in [-0.4, -0.2) is 43.5 Å². The van der Waals surface area contributed by atoms with E-state index in [1.165, 1.54) is 0 Å². The summed E-state index contributed by atoms with van der Waals surface area (Å²) >= 11 is 0. The lowest BCUT2D eigenvalue weighted by atomic mass is 10.0. The number of hydrogen-bond acceptors (Lipinski definition) is 4. The zero-order chi connectivity index (χ0) is 24.2. The molecule has 2 amide bonds. The van der Waals surface area contributed by atoms with Crippen LogP contribution in [0.4, 0.5) is 0 Å². The summed E-state index contributed by atoms with van der Waals surface area (Å²) in [6, 6.07) is 13.3. The van der Waals surface area contributed by atoms with E-state index in [1.54, 1.807) is 19.1 Å². The number of carbonyl (C=O) groups excluding carboxylic acids is 2. The highest BCUT2D eigenvalue weighted by Gasteiger charge is 2.28. The van der Waals surface area contributed by atoms with E-state index >= 15 is 0 Å². The fourth-order valence-electron chi connectivity index (χ4n) is 3.75. The van der Waals surface area contributed by atoms with Crippen LogP contribution in [0.1, 0.15) is 56.2 Å². The number of benzene rings is 2. The molecule has 1 N–H and O–H groups in total. The summed E-state index contributed by atoms with van der Waals surface area (Å²) in [4.78, 5) is 28.1. The van der Waals surface area contributed by atoms with Crippen molar-refractivity contribution < 1.29 is 19.1 Å². The van der Waals surface area contributed by atoms with Gasteiger partial charge in [-0.3, -0.25) is 9.59 Å². The molecule has 0 bridgehead atoms. The molecule has 0 unspecified atom stereocenters. The lowest BCUT2D eigenvalue weighted by molar-refractivity contribution is -0.141. The van der Waals surface area contributed by atoms with Crippen molar-refractivity contribution >= 4 is 11.8 Å². The Kier molecular flexibility index (Phi) is 10.7. The minimum absolute atomic E-state index is 0.0390. The fraction of sp³-hybridized carbons (Fsp3) is 0.481. The van der Waals surface area contributed by atoms with E-state index in [0.717, 1.165) is 29.5 Å². The molecule has 0 heterocycles. The van der Waals surface area contributed by atoms with Gasteiger partial charge in [0, 0.05) is 19.5 Å². The van der Waals surface area contributed by atoms with Crippen molar-refractivity contribution in [3.8, 4) is 11.5 Å². The SMILES string of the molecule is CCCCNC(=O)[C@H](CC)N(Cc1ccc(C)cc1)C(=O)CCc1ccc(OC)c(OC)c1. The monoisotopic (exact) mass is 454 g/mol. The molecule has 0 fully saturated rings. The van der Waals surface area contributed by atoms with Gasteiger partial charge >= 0.3 is 0 Å². The Bertz CT molecular complexity index is 895. The Morgan fingerprint density at radius 2 is 1.64 bits per heavy atom. The molecule has 180 valence electrons. The maximum Gasteiger partial charge on any atom is 0.242 e. The van der Waals surface area contributed by atoms with Gasteiger partial charge in [0.1, 0.15) is 6.04 Å². The van der Waals surface area contributed by atoms with Gasteiger partial charge in [0.05, 0.1) is 14.2 Å². The molecule has 0 aromatic heterocycles. The average molecular weight is 455 g/mol. The van der Waals surface area contributed by atoms with E-state index in [1.807, 2.05) is 56.3 Å². The summed E-state index contributed by atoms with van der Waals surface area (Å²) in [5.41, 5.74) is 3.16. The quantitative estimate of drug-likeness (QED) is 0.447. The van der Waals surface area contributed by atoms with Crippen LogP contribution in [0.3, 0.4) is 0 Å². The van der Waals surface area contributed by atoms with Gasteiger partial charge in [-0.2, -0.15) is 0 Å². The van der Waals surface area contributed by atoms with Crippen molar-refractivity contribution in [1.29, 1.82) is 0 Å². The maximum atomic E-state index is 13.4. The average Bonchev–Trinajstić information content (AvgIpc) is 2.83. The Morgan fingerprint density at radius 1 is 0.970 bits per heavy atom. The van der Waals surface area contributed by atoms with E-state index < -0.39 is 6.04 Å². The van der Waals surface area contributed by atoms with Crippen molar-refractivity contribution in [2.75, 3.05) is 20.8 Å². The number of aryl methyl sites for hydroxylation is 2. The van der Waals surface area contributed by atoms with Crippen LogP contribution in [0, 0.1) is 6.92 Å². The Morgan fingerprint density at radius 3 is 2.24 bits per heavy atom. The molecular weight excluding hydrogens is 416 g/mol. The zero-order valence-corrected chi connectivity index (χ0v) is 20.6. The molecule has 2 rings (SSSR count). The van der Waals surface area contributed by atoms with Gasteiger partial charge in [0.25, 0.3) is 0 Å². The largest absolute Gasteiger partial charge is 0.493 e. The van der Waals surface area contributed by atoms with E-state index in [4.69, 9.17) is 9.47 Å². The number of carbonyl (C=O) groups is 2. The number of rotatable bonds is 13. The number of amides is 2. The number of hydrogen-bond donors (Lipinski definition) is 1. The van der Waals surface area contributed by atoms with Gasteiger partial charge < -0.3 is 19.7 Å². The van der Waals surface area contributed by atoms with Crippen molar-refractivity contribution in [1.82, 2.24) is 10.2 Å². The summed E-state index contributed by atoms with van der Waals surface area (Å²) in [5.74, 6) is 1.17. The molecule has 33 heavy (non-hydrogen) atoms. The number of unbranched alkanes of at least 4 members (excludes halogenated alkanes) is 1. The second kappa shape index (κ2) is 13.5. The molecule has 0 saturated heterocycles. The van der Waals surface area contributed by atoms with Crippen molar-refractivity contribution in [3.63, 3.8) is 0 Å². The van der Waals surface area contributed by atoms with Gasteiger partial charge in [-0.05, 0) is 49.4 Å². The number of methoxy groups -OCH3 is 2. The Balaban J connectivity index is 2.19. The van der Waals surface area contributed by atoms with Crippen molar-refractivity contribution in [3.05, 3.63) is 59.2 Å². The Hall–Kier alpha value is -3.02. The van der Waals surface area contributed by atoms with E-state index in [-0.39, 0.29) is 11.8 Å². The third kappa shape index (κ3) is 7.81. The number of nitrogens with zero attached hydrogens (tertiary/aromatic N) is 1. The molecule has 2 aromatic rings. The molecule has 0 saturated carbocycles. The lowest BCUT2D eigenvalue weighted by Crippen LogP contribution is -2.49. The third-order valence-corrected chi connectivity index (χ3v) is 5.76. The van der Waals surface area contributed by atoms with E-state index in [2.05, 4.69) is 12.2 Å².